The maximum absolute atomic E-state index is 13.5. The number of hydrogen-bond donors (Lipinski definition) is 5. The summed E-state index contributed by atoms with van der Waals surface area (Å²) >= 11 is 0. The van der Waals surface area contributed by atoms with Crippen molar-refractivity contribution < 1.29 is 34.8 Å². The molecule has 1 aromatic carbocycles. The van der Waals surface area contributed by atoms with Gasteiger partial charge in [0.05, 0.1) is 11.6 Å². The van der Waals surface area contributed by atoms with E-state index in [9.17, 15) is 34.8 Å². The first kappa shape index (κ1) is 23.0. The molecule has 9 nitrogen and oxygen atoms in total. The molecule has 0 aromatic heterocycles. The van der Waals surface area contributed by atoms with Gasteiger partial charge in [-0.2, -0.15) is 0 Å². The number of benzene rings is 1. The van der Waals surface area contributed by atoms with Crippen molar-refractivity contribution in [2.75, 3.05) is 14.1 Å². The first-order valence-electron chi connectivity index (χ1n) is 10.9. The zero-order chi connectivity index (χ0) is 24.4. The zero-order valence-electron chi connectivity index (χ0n) is 18.8. The number of ketones is 2. The van der Waals surface area contributed by atoms with E-state index in [4.69, 9.17) is 5.73 Å². The fourth-order valence-corrected chi connectivity index (χ4v) is 5.82. The maximum Gasteiger partial charge on any atom is 0.255 e. The summed E-state index contributed by atoms with van der Waals surface area (Å²) in [7, 11) is 3.20. The molecule has 0 saturated heterocycles. The molecule has 0 radical (unpaired) electrons. The number of allylic oxidation sites excluding steroid dienone is 1. The topological polar surface area (TPSA) is 161 Å². The van der Waals surface area contributed by atoms with E-state index >= 15 is 0 Å². The summed E-state index contributed by atoms with van der Waals surface area (Å²) in [5, 5.41) is 43.9. The van der Waals surface area contributed by atoms with Gasteiger partial charge in [-0.15, -0.1) is 0 Å². The van der Waals surface area contributed by atoms with E-state index in [2.05, 4.69) is 0 Å². The third kappa shape index (κ3) is 3.02. The van der Waals surface area contributed by atoms with Crippen molar-refractivity contribution in [2.24, 2.45) is 17.6 Å². The van der Waals surface area contributed by atoms with Crippen LogP contribution in [0.5, 0.6) is 5.75 Å². The third-order valence-corrected chi connectivity index (χ3v) is 7.22. The van der Waals surface area contributed by atoms with E-state index in [1.807, 2.05) is 6.92 Å². The van der Waals surface area contributed by atoms with Gasteiger partial charge < -0.3 is 26.2 Å². The summed E-state index contributed by atoms with van der Waals surface area (Å²) in [6, 6.07) is 2.22. The number of rotatable bonds is 4. The van der Waals surface area contributed by atoms with Gasteiger partial charge in [-0.3, -0.25) is 19.3 Å². The lowest BCUT2D eigenvalue weighted by atomic mass is 9.58. The molecule has 1 amide bonds. The zero-order valence-corrected chi connectivity index (χ0v) is 18.8. The third-order valence-electron chi connectivity index (χ3n) is 7.22. The Morgan fingerprint density at radius 3 is 2.45 bits per heavy atom. The lowest BCUT2D eigenvalue weighted by Gasteiger charge is -2.50. The van der Waals surface area contributed by atoms with Gasteiger partial charge in [0.25, 0.3) is 5.91 Å². The summed E-state index contributed by atoms with van der Waals surface area (Å²) in [5.74, 6) is -6.35. The summed E-state index contributed by atoms with van der Waals surface area (Å²) in [4.78, 5) is 40.2. The van der Waals surface area contributed by atoms with E-state index in [0.29, 0.717) is 18.4 Å². The van der Waals surface area contributed by atoms with E-state index in [-0.39, 0.29) is 23.3 Å². The van der Waals surface area contributed by atoms with Crippen molar-refractivity contribution >= 4 is 17.5 Å². The Bertz CT molecular complexity index is 1150. The smallest absolute Gasteiger partial charge is 0.255 e. The van der Waals surface area contributed by atoms with Crippen molar-refractivity contribution in [1.29, 1.82) is 0 Å². The number of primary amides is 1. The Kier molecular flexibility index (Phi) is 5.37. The second-order valence-electron chi connectivity index (χ2n) is 9.31. The molecule has 176 valence electrons. The molecular formula is C24H28N2O7. The lowest BCUT2D eigenvalue weighted by molar-refractivity contribution is -0.148. The van der Waals surface area contributed by atoms with Gasteiger partial charge in [0.2, 0.25) is 5.78 Å². The molecule has 3 aliphatic rings. The number of phenolic OH excluding ortho intramolecular Hbond substituents is 1. The van der Waals surface area contributed by atoms with Crippen LogP contribution in [0.2, 0.25) is 0 Å². The van der Waals surface area contributed by atoms with Crippen molar-refractivity contribution in [3.63, 3.8) is 0 Å². The Hall–Kier alpha value is -3.17. The molecule has 0 saturated carbocycles. The number of nitrogens with two attached hydrogens (primary N) is 1. The van der Waals surface area contributed by atoms with Crippen LogP contribution in [-0.2, 0) is 22.4 Å². The largest absolute Gasteiger partial charge is 0.510 e. The molecule has 0 fully saturated rings. The highest BCUT2D eigenvalue weighted by Crippen LogP contribution is 2.52. The van der Waals surface area contributed by atoms with E-state index < -0.39 is 58.0 Å². The van der Waals surface area contributed by atoms with Crippen LogP contribution in [0, 0.1) is 11.8 Å². The number of likely N-dealkylation sites (N-methyl/N-ethyl adjacent to an activating group) is 1. The highest BCUT2D eigenvalue weighted by atomic mass is 16.3. The predicted molar refractivity (Wildman–Crippen MR) is 118 cm³/mol. The van der Waals surface area contributed by atoms with Gasteiger partial charge in [-0.1, -0.05) is 19.4 Å². The first-order chi connectivity index (χ1) is 15.5. The lowest BCUT2D eigenvalue weighted by Crippen LogP contribution is -2.63. The molecule has 1 aromatic rings. The van der Waals surface area contributed by atoms with Crippen LogP contribution < -0.4 is 5.73 Å². The van der Waals surface area contributed by atoms with Crippen LogP contribution in [-0.4, -0.2) is 68.5 Å². The minimum atomic E-state index is -2.61. The van der Waals surface area contributed by atoms with Crippen LogP contribution in [0.25, 0.3) is 0 Å². The number of amides is 1. The number of carbonyl (C=O) groups excluding carboxylic acids is 3. The Balaban J connectivity index is 1.96. The van der Waals surface area contributed by atoms with Crippen LogP contribution in [0.1, 0.15) is 41.3 Å². The fourth-order valence-electron chi connectivity index (χ4n) is 5.82. The van der Waals surface area contributed by atoms with Crippen LogP contribution in [0.15, 0.2) is 34.8 Å². The average molecular weight is 456 g/mol. The summed E-state index contributed by atoms with van der Waals surface area (Å²) < 4.78 is 0. The van der Waals surface area contributed by atoms with Crippen molar-refractivity contribution in [3.05, 3.63) is 51.5 Å². The fraction of sp³-hybridized carbons (Fsp3) is 0.458. The van der Waals surface area contributed by atoms with Crippen LogP contribution >= 0.6 is 0 Å². The average Bonchev–Trinajstić information content (AvgIpc) is 2.72. The second-order valence-corrected chi connectivity index (χ2v) is 9.31. The molecule has 0 aliphatic heterocycles. The minimum absolute atomic E-state index is 0.0572. The highest BCUT2D eigenvalue weighted by Gasteiger charge is 2.63. The van der Waals surface area contributed by atoms with Crippen molar-refractivity contribution in [2.45, 2.75) is 44.2 Å². The first-order valence-corrected chi connectivity index (χ1v) is 10.9. The molecule has 4 atom stereocenters. The minimum Gasteiger partial charge on any atom is -0.510 e. The standard InChI is InChI=1S/C24H28N2O7/c1-4-5-10-6-7-14(27)16-12(10)8-11-9-13-18(26(2)3)20(29)17(23(25)32)22(31)24(13,33)21(30)15(11)19(16)28/h6-7,11,13,18,27,29-30,33H,4-5,8-9H2,1-3H3,(H2,25,32)/t11-,13+,18-,24+/m0/s1. The Morgan fingerprint density at radius 1 is 1.21 bits per heavy atom. The molecule has 0 bridgehead atoms. The predicted octanol–water partition coefficient (Wildman–Crippen LogP) is 1.07. The SMILES string of the molecule is CCCc1ccc(O)c2c1C[C@H]1C[C@@H]3[C@H](N(C)C)C(O)=C(C(N)=O)C(=O)[C@]3(O)C(O)=C1C2=O. The summed E-state index contributed by atoms with van der Waals surface area (Å²) in [5.41, 5.74) is 3.43. The number of aliphatic hydroxyl groups excluding tert-OH is 2. The van der Waals surface area contributed by atoms with Crippen LogP contribution in [0.4, 0.5) is 0 Å². The van der Waals surface area contributed by atoms with E-state index in [0.717, 1.165) is 12.0 Å². The van der Waals surface area contributed by atoms with Gasteiger partial charge in [0.1, 0.15) is 22.8 Å². The quantitative estimate of drug-likeness (QED) is 0.420. The molecule has 4 rings (SSSR count). The van der Waals surface area contributed by atoms with Gasteiger partial charge >= 0.3 is 0 Å². The molecule has 0 unspecified atom stereocenters. The number of nitrogens with zero attached hydrogens (tertiary/aromatic N) is 1. The van der Waals surface area contributed by atoms with Crippen LogP contribution in [0.3, 0.4) is 0 Å². The molecular weight excluding hydrogens is 428 g/mol. The number of Topliss-reactive ketones (excluding diaryl/α,β-unsaturated/α-hetero) is 2. The number of aryl methyl sites for hydroxylation is 1. The second kappa shape index (κ2) is 7.71. The van der Waals surface area contributed by atoms with E-state index in [1.165, 1.54) is 11.0 Å². The molecule has 0 spiro atoms. The van der Waals surface area contributed by atoms with E-state index in [1.54, 1.807) is 20.2 Å². The van der Waals surface area contributed by atoms with Gasteiger partial charge in [-0.25, -0.2) is 0 Å². The molecule has 33 heavy (non-hydrogen) atoms. The number of aromatic hydroxyl groups is 1. The number of carbonyl (C=O) groups is 3. The number of phenols is 1. The highest BCUT2D eigenvalue weighted by molar-refractivity contribution is 6.24. The maximum atomic E-state index is 13.5. The molecule has 0 heterocycles. The number of fused-ring (bicyclic) bond motifs is 3. The number of aliphatic hydroxyl groups is 3. The Morgan fingerprint density at radius 2 is 1.88 bits per heavy atom. The normalized spacial score (nSPS) is 29.2. The van der Waals surface area contributed by atoms with Crippen molar-refractivity contribution in [3.8, 4) is 5.75 Å². The molecule has 6 N–H and O–H groups in total. The monoisotopic (exact) mass is 456 g/mol. The van der Waals surface area contributed by atoms with Gasteiger partial charge in [-0.05, 0) is 56.5 Å². The van der Waals surface area contributed by atoms with Gasteiger partial charge in [0, 0.05) is 11.5 Å². The Labute approximate surface area is 190 Å². The number of hydrogen-bond acceptors (Lipinski definition) is 8. The molecule has 9 heteroatoms. The van der Waals surface area contributed by atoms with Crippen molar-refractivity contribution in [1.82, 2.24) is 4.90 Å². The molecule has 3 aliphatic carbocycles. The van der Waals surface area contributed by atoms with Gasteiger partial charge in [0.15, 0.2) is 11.4 Å². The summed E-state index contributed by atoms with van der Waals surface area (Å²) in [6.45, 7) is 2.00. The summed E-state index contributed by atoms with van der Waals surface area (Å²) in [6.07, 6.45) is 1.94.